The van der Waals surface area contributed by atoms with Crippen LogP contribution in [0.3, 0.4) is 0 Å². The van der Waals surface area contributed by atoms with E-state index in [0.29, 0.717) is 13.2 Å². The van der Waals surface area contributed by atoms with Crippen LogP contribution >= 0.6 is 0 Å². The Bertz CT molecular complexity index is 594. The maximum atomic E-state index is 5.12. The van der Waals surface area contributed by atoms with Crippen molar-refractivity contribution in [2.75, 3.05) is 20.8 Å². The van der Waals surface area contributed by atoms with Gasteiger partial charge >= 0.3 is 0 Å². The molecule has 1 atom stereocenters. The van der Waals surface area contributed by atoms with Gasteiger partial charge in [-0.1, -0.05) is 18.2 Å². The Kier molecular flexibility index (Phi) is 5.97. The standard InChI is InChI=1S/C16H23N5O/c1-13(11-22-3)20-16(17-2)19-10-14-6-4-5-7-15(14)21-9-8-18-12-21/h4-9,12-13H,10-11H2,1-3H3,(H2,17,19,20). The van der Waals surface area contributed by atoms with Gasteiger partial charge in [0.05, 0.1) is 18.6 Å². The van der Waals surface area contributed by atoms with Crippen LogP contribution in [0.2, 0.25) is 0 Å². The zero-order valence-electron chi connectivity index (χ0n) is 13.3. The molecule has 2 aromatic rings. The molecule has 0 spiro atoms. The van der Waals surface area contributed by atoms with Gasteiger partial charge in [0.2, 0.25) is 0 Å². The number of imidazole rings is 1. The molecule has 22 heavy (non-hydrogen) atoms. The molecule has 6 heteroatoms. The van der Waals surface area contributed by atoms with Crippen molar-refractivity contribution >= 4 is 5.96 Å². The predicted octanol–water partition coefficient (Wildman–Crippen LogP) is 1.57. The fourth-order valence-corrected chi connectivity index (χ4v) is 2.21. The maximum absolute atomic E-state index is 5.12. The van der Waals surface area contributed by atoms with Crippen LogP contribution in [-0.4, -0.2) is 42.3 Å². The van der Waals surface area contributed by atoms with Crippen LogP contribution in [0, 0.1) is 0 Å². The molecule has 0 amide bonds. The van der Waals surface area contributed by atoms with E-state index in [1.807, 2.05) is 22.9 Å². The van der Waals surface area contributed by atoms with Crippen molar-refractivity contribution in [2.45, 2.75) is 19.5 Å². The number of hydrogen-bond donors (Lipinski definition) is 2. The fourth-order valence-electron chi connectivity index (χ4n) is 2.21. The van der Waals surface area contributed by atoms with Gasteiger partial charge in [-0.05, 0) is 18.6 Å². The summed E-state index contributed by atoms with van der Waals surface area (Å²) in [5, 5.41) is 6.61. The summed E-state index contributed by atoms with van der Waals surface area (Å²) in [6.07, 6.45) is 5.51. The minimum Gasteiger partial charge on any atom is -0.383 e. The van der Waals surface area contributed by atoms with Gasteiger partial charge in [-0.2, -0.15) is 0 Å². The second-order valence-electron chi connectivity index (χ2n) is 5.03. The number of hydrogen-bond acceptors (Lipinski definition) is 3. The lowest BCUT2D eigenvalue weighted by Gasteiger charge is -2.18. The molecule has 0 aliphatic heterocycles. The highest BCUT2D eigenvalue weighted by Gasteiger charge is 2.07. The highest BCUT2D eigenvalue weighted by molar-refractivity contribution is 5.80. The topological polar surface area (TPSA) is 63.5 Å². The summed E-state index contributed by atoms with van der Waals surface area (Å²) in [4.78, 5) is 8.34. The van der Waals surface area contributed by atoms with Crippen LogP contribution in [0.15, 0.2) is 48.0 Å². The molecule has 0 saturated carbocycles. The Morgan fingerprint density at radius 2 is 2.23 bits per heavy atom. The third-order valence-electron chi connectivity index (χ3n) is 3.24. The van der Waals surface area contributed by atoms with Crippen LogP contribution in [0.25, 0.3) is 5.69 Å². The van der Waals surface area contributed by atoms with Crippen LogP contribution in [0.4, 0.5) is 0 Å². The Balaban J connectivity index is 2.02. The first-order valence-corrected chi connectivity index (χ1v) is 7.27. The number of nitrogens with zero attached hydrogens (tertiary/aromatic N) is 3. The molecular weight excluding hydrogens is 278 g/mol. The number of aromatic nitrogens is 2. The number of rotatable bonds is 6. The molecule has 1 heterocycles. The van der Waals surface area contributed by atoms with Crippen LogP contribution in [0.1, 0.15) is 12.5 Å². The largest absolute Gasteiger partial charge is 0.383 e. The number of aliphatic imine (C=N–C) groups is 1. The molecule has 1 aromatic heterocycles. The van der Waals surface area contributed by atoms with Gasteiger partial charge in [0.1, 0.15) is 0 Å². The summed E-state index contributed by atoms with van der Waals surface area (Å²) >= 11 is 0. The van der Waals surface area contributed by atoms with Crippen molar-refractivity contribution in [3.63, 3.8) is 0 Å². The lowest BCUT2D eigenvalue weighted by atomic mass is 10.1. The SMILES string of the molecule is CN=C(NCc1ccccc1-n1ccnc1)NC(C)COC. The summed E-state index contributed by atoms with van der Waals surface area (Å²) in [6.45, 7) is 3.36. The summed E-state index contributed by atoms with van der Waals surface area (Å²) in [6, 6.07) is 8.41. The highest BCUT2D eigenvalue weighted by Crippen LogP contribution is 2.13. The summed E-state index contributed by atoms with van der Waals surface area (Å²) in [5.41, 5.74) is 2.27. The first kappa shape index (κ1) is 16.0. The van der Waals surface area contributed by atoms with Crippen LogP contribution in [-0.2, 0) is 11.3 Å². The minimum atomic E-state index is 0.195. The number of ether oxygens (including phenoxy) is 1. The monoisotopic (exact) mass is 301 g/mol. The maximum Gasteiger partial charge on any atom is 0.191 e. The van der Waals surface area contributed by atoms with E-state index >= 15 is 0 Å². The average Bonchev–Trinajstić information content (AvgIpc) is 3.06. The Morgan fingerprint density at radius 3 is 2.91 bits per heavy atom. The van der Waals surface area contributed by atoms with E-state index in [2.05, 4.69) is 39.7 Å². The molecule has 0 aliphatic carbocycles. The molecule has 1 aromatic carbocycles. The van der Waals surface area contributed by atoms with Crippen LogP contribution in [0.5, 0.6) is 0 Å². The summed E-state index contributed by atoms with van der Waals surface area (Å²) in [7, 11) is 3.45. The lowest BCUT2D eigenvalue weighted by molar-refractivity contribution is 0.179. The second-order valence-corrected chi connectivity index (χ2v) is 5.03. The number of para-hydroxylation sites is 1. The number of guanidine groups is 1. The first-order valence-electron chi connectivity index (χ1n) is 7.27. The molecule has 0 radical (unpaired) electrons. The van der Waals surface area contributed by atoms with E-state index in [1.54, 1.807) is 26.7 Å². The van der Waals surface area contributed by atoms with Gasteiger partial charge in [-0.3, -0.25) is 4.99 Å². The molecule has 1 unspecified atom stereocenters. The molecule has 0 aliphatic rings. The first-order chi connectivity index (χ1) is 10.7. The van der Waals surface area contributed by atoms with Gasteiger partial charge in [0, 0.05) is 39.1 Å². The fraction of sp³-hybridized carbons (Fsp3) is 0.375. The minimum absolute atomic E-state index is 0.195. The highest BCUT2D eigenvalue weighted by atomic mass is 16.5. The molecule has 6 nitrogen and oxygen atoms in total. The number of nitrogens with one attached hydrogen (secondary N) is 2. The molecule has 118 valence electrons. The molecule has 0 fully saturated rings. The van der Waals surface area contributed by atoms with Crippen molar-refractivity contribution in [1.29, 1.82) is 0 Å². The van der Waals surface area contributed by atoms with E-state index in [9.17, 15) is 0 Å². The predicted molar refractivity (Wildman–Crippen MR) is 88.2 cm³/mol. The van der Waals surface area contributed by atoms with E-state index < -0.39 is 0 Å². The third-order valence-corrected chi connectivity index (χ3v) is 3.24. The van der Waals surface area contributed by atoms with E-state index in [0.717, 1.165) is 11.6 Å². The smallest absolute Gasteiger partial charge is 0.191 e. The van der Waals surface area contributed by atoms with Gasteiger partial charge in [0.15, 0.2) is 5.96 Å². The second kappa shape index (κ2) is 8.19. The molecular formula is C16H23N5O. The normalized spacial score (nSPS) is 13.0. The van der Waals surface area contributed by atoms with Gasteiger partial charge < -0.3 is 19.9 Å². The van der Waals surface area contributed by atoms with Crippen molar-refractivity contribution < 1.29 is 4.74 Å². The Labute approximate surface area is 131 Å². The molecule has 2 N–H and O–H groups in total. The van der Waals surface area contributed by atoms with E-state index in [-0.39, 0.29) is 6.04 Å². The summed E-state index contributed by atoms with van der Waals surface area (Å²) < 4.78 is 7.13. The van der Waals surface area contributed by atoms with Crippen molar-refractivity contribution in [3.8, 4) is 5.69 Å². The van der Waals surface area contributed by atoms with Gasteiger partial charge in [-0.15, -0.1) is 0 Å². The van der Waals surface area contributed by atoms with Crippen molar-refractivity contribution in [3.05, 3.63) is 48.5 Å². The number of methoxy groups -OCH3 is 1. The third kappa shape index (κ3) is 4.33. The van der Waals surface area contributed by atoms with Crippen molar-refractivity contribution in [1.82, 2.24) is 20.2 Å². The molecule has 0 saturated heterocycles. The number of benzene rings is 1. The Morgan fingerprint density at radius 1 is 1.41 bits per heavy atom. The average molecular weight is 301 g/mol. The van der Waals surface area contributed by atoms with Crippen molar-refractivity contribution in [2.24, 2.45) is 4.99 Å². The van der Waals surface area contributed by atoms with Gasteiger partial charge in [0.25, 0.3) is 0 Å². The quantitative estimate of drug-likeness (QED) is 0.628. The Hall–Kier alpha value is -2.34. The summed E-state index contributed by atoms with van der Waals surface area (Å²) in [5.74, 6) is 0.755. The lowest BCUT2D eigenvalue weighted by Crippen LogP contribution is -2.43. The van der Waals surface area contributed by atoms with E-state index in [1.165, 1.54) is 5.56 Å². The molecule has 0 bridgehead atoms. The van der Waals surface area contributed by atoms with Gasteiger partial charge in [-0.25, -0.2) is 4.98 Å². The zero-order chi connectivity index (χ0) is 15.8. The van der Waals surface area contributed by atoms with E-state index in [4.69, 9.17) is 4.74 Å². The molecule has 2 rings (SSSR count). The van der Waals surface area contributed by atoms with Crippen LogP contribution < -0.4 is 10.6 Å². The zero-order valence-corrected chi connectivity index (χ0v) is 13.3.